The molecule has 4 atom stereocenters. The average Bonchev–Trinajstić information content (AvgIpc) is 2.69. The summed E-state index contributed by atoms with van der Waals surface area (Å²) in [6.07, 6.45) is -0.302. The number of ether oxygens (including phenoxy) is 4. The van der Waals surface area contributed by atoms with Gasteiger partial charge in [-0.3, -0.25) is 0 Å². The fraction of sp³-hybridized carbons (Fsp3) is 0.727. The average molecular weight is 225 g/mol. The zero-order valence-electron chi connectivity index (χ0n) is 9.38. The van der Waals surface area contributed by atoms with Crippen molar-refractivity contribution in [3.05, 3.63) is 12.7 Å². The van der Waals surface area contributed by atoms with Crippen LogP contribution in [0.5, 0.6) is 0 Å². The van der Waals surface area contributed by atoms with Gasteiger partial charge in [-0.2, -0.15) is 5.26 Å². The van der Waals surface area contributed by atoms with Gasteiger partial charge < -0.3 is 18.9 Å². The molecule has 0 saturated carbocycles. The van der Waals surface area contributed by atoms with Crippen LogP contribution in [0.15, 0.2) is 12.7 Å². The minimum atomic E-state index is -0.690. The van der Waals surface area contributed by atoms with Gasteiger partial charge in [-0.1, -0.05) is 6.08 Å². The lowest BCUT2D eigenvalue weighted by Gasteiger charge is -2.22. The van der Waals surface area contributed by atoms with Crippen molar-refractivity contribution in [1.82, 2.24) is 0 Å². The van der Waals surface area contributed by atoms with Gasteiger partial charge in [-0.15, -0.1) is 6.58 Å². The van der Waals surface area contributed by atoms with E-state index in [1.165, 1.54) is 0 Å². The first-order chi connectivity index (χ1) is 7.57. The summed E-state index contributed by atoms with van der Waals surface area (Å²) in [6.45, 7) is 7.53. The summed E-state index contributed by atoms with van der Waals surface area (Å²) in [6, 6.07) is 2.05. The van der Waals surface area contributed by atoms with Crippen LogP contribution < -0.4 is 0 Å². The van der Waals surface area contributed by atoms with E-state index in [0.717, 1.165) is 0 Å². The Morgan fingerprint density at radius 2 is 2.12 bits per heavy atom. The van der Waals surface area contributed by atoms with Crippen molar-refractivity contribution >= 4 is 0 Å². The Morgan fingerprint density at radius 3 is 2.75 bits per heavy atom. The number of rotatable bonds is 3. The van der Waals surface area contributed by atoms with E-state index in [-0.39, 0.29) is 12.2 Å². The maximum absolute atomic E-state index is 8.94. The Kier molecular flexibility index (Phi) is 3.00. The monoisotopic (exact) mass is 225 g/mol. The molecule has 0 amide bonds. The van der Waals surface area contributed by atoms with Gasteiger partial charge in [-0.05, 0) is 13.8 Å². The Morgan fingerprint density at radius 1 is 1.44 bits per heavy atom. The fourth-order valence-corrected chi connectivity index (χ4v) is 1.96. The molecule has 2 rings (SSSR count). The van der Waals surface area contributed by atoms with Crippen LogP contribution in [-0.4, -0.2) is 37.0 Å². The molecule has 0 spiro atoms. The second-order valence-corrected chi connectivity index (χ2v) is 4.24. The SMILES string of the molecule is C=CCO[C@@H]1O[C@H](C#N)[C@H]2OC(C)(C)O[C@@H]12. The molecule has 0 aromatic heterocycles. The predicted octanol–water partition coefficient (Wildman–Crippen LogP) is 0.958. The molecule has 2 saturated heterocycles. The van der Waals surface area contributed by atoms with Crippen molar-refractivity contribution in [1.29, 1.82) is 5.26 Å². The molecule has 0 radical (unpaired) electrons. The molecule has 0 aromatic rings. The van der Waals surface area contributed by atoms with Crippen LogP contribution in [0, 0.1) is 11.3 Å². The van der Waals surface area contributed by atoms with Crippen LogP contribution in [0.25, 0.3) is 0 Å². The molecule has 0 bridgehead atoms. The highest BCUT2D eigenvalue weighted by molar-refractivity contribution is 5.04. The van der Waals surface area contributed by atoms with Crippen LogP contribution in [0.2, 0.25) is 0 Å². The quantitative estimate of drug-likeness (QED) is 0.669. The third-order valence-electron chi connectivity index (χ3n) is 2.52. The van der Waals surface area contributed by atoms with Crippen molar-refractivity contribution < 1.29 is 18.9 Å². The van der Waals surface area contributed by atoms with E-state index in [2.05, 4.69) is 6.58 Å². The highest BCUT2D eigenvalue weighted by Crippen LogP contribution is 2.38. The molecule has 0 aromatic carbocycles. The van der Waals surface area contributed by atoms with Crippen LogP contribution >= 0.6 is 0 Å². The molecular formula is C11H15NO4. The van der Waals surface area contributed by atoms with Gasteiger partial charge in [0.05, 0.1) is 12.7 Å². The smallest absolute Gasteiger partial charge is 0.188 e. The number of nitriles is 1. The van der Waals surface area contributed by atoms with Gasteiger partial charge in [0.1, 0.15) is 12.2 Å². The maximum Gasteiger partial charge on any atom is 0.188 e. The van der Waals surface area contributed by atoms with E-state index in [9.17, 15) is 0 Å². The Labute approximate surface area is 94.5 Å². The summed E-state index contributed by atoms with van der Waals surface area (Å²) >= 11 is 0. The summed E-state index contributed by atoms with van der Waals surface area (Å²) in [5.41, 5.74) is 0. The number of hydrogen-bond acceptors (Lipinski definition) is 5. The van der Waals surface area contributed by atoms with Crippen molar-refractivity contribution in [3.8, 4) is 6.07 Å². The molecule has 5 nitrogen and oxygen atoms in total. The molecule has 0 unspecified atom stereocenters. The van der Waals surface area contributed by atoms with Crippen LogP contribution in [0.3, 0.4) is 0 Å². The molecule has 0 N–H and O–H groups in total. The number of fused-ring (bicyclic) bond motifs is 1. The fourth-order valence-electron chi connectivity index (χ4n) is 1.96. The highest BCUT2D eigenvalue weighted by Gasteiger charge is 2.56. The van der Waals surface area contributed by atoms with E-state index < -0.39 is 18.2 Å². The minimum Gasteiger partial charge on any atom is -0.346 e. The Bertz CT molecular complexity index is 322. The summed E-state index contributed by atoms with van der Waals surface area (Å²) in [7, 11) is 0. The zero-order valence-corrected chi connectivity index (χ0v) is 9.38. The summed E-state index contributed by atoms with van der Waals surface area (Å²) in [5, 5.41) is 8.94. The van der Waals surface area contributed by atoms with Crippen LogP contribution in [0.4, 0.5) is 0 Å². The van der Waals surface area contributed by atoms with Crippen molar-refractivity contribution in [3.63, 3.8) is 0 Å². The normalized spacial score (nSPS) is 40.3. The molecule has 2 aliphatic heterocycles. The first-order valence-corrected chi connectivity index (χ1v) is 5.20. The standard InChI is InChI=1S/C11H15NO4/c1-4-5-13-10-9-8(7(6-12)14-10)15-11(2,3)16-9/h4,7-10H,1,5H2,2-3H3/t7-,8-,9-,10-/m1/s1. The van der Waals surface area contributed by atoms with Gasteiger partial charge in [0, 0.05) is 0 Å². The second-order valence-electron chi connectivity index (χ2n) is 4.24. The van der Waals surface area contributed by atoms with Crippen LogP contribution in [-0.2, 0) is 18.9 Å². The van der Waals surface area contributed by atoms with Crippen molar-refractivity contribution in [2.75, 3.05) is 6.61 Å². The van der Waals surface area contributed by atoms with Gasteiger partial charge in [-0.25, -0.2) is 0 Å². The van der Waals surface area contributed by atoms with Gasteiger partial charge in [0.15, 0.2) is 18.2 Å². The molecule has 5 heteroatoms. The van der Waals surface area contributed by atoms with E-state index >= 15 is 0 Å². The molecule has 2 fully saturated rings. The summed E-state index contributed by atoms with van der Waals surface area (Å²) < 4.78 is 22.1. The third-order valence-corrected chi connectivity index (χ3v) is 2.52. The summed E-state index contributed by atoms with van der Waals surface area (Å²) in [5.74, 6) is -0.690. The highest BCUT2D eigenvalue weighted by atomic mass is 16.8. The van der Waals surface area contributed by atoms with E-state index in [1.807, 2.05) is 19.9 Å². The first-order valence-electron chi connectivity index (χ1n) is 5.20. The number of hydrogen-bond donors (Lipinski definition) is 0. The predicted molar refractivity (Wildman–Crippen MR) is 54.2 cm³/mol. The molecule has 2 aliphatic rings. The Balaban J connectivity index is 2.08. The van der Waals surface area contributed by atoms with Gasteiger partial charge in [0.2, 0.25) is 0 Å². The van der Waals surface area contributed by atoms with Gasteiger partial charge >= 0.3 is 0 Å². The minimum absolute atomic E-state index is 0.348. The topological polar surface area (TPSA) is 60.7 Å². The molecule has 16 heavy (non-hydrogen) atoms. The van der Waals surface area contributed by atoms with Crippen molar-refractivity contribution in [2.24, 2.45) is 0 Å². The maximum atomic E-state index is 8.94. The zero-order chi connectivity index (χ0) is 11.8. The van der Waals surface area contributed by atoms with Crippen LogP contribution in [0.1, 0.15) is 13.8 Å². The van der Waals surface area contributed by atoms with Gasteiger partial charge in [0.25, 0.3) is 0 Å². The molecule has 0 aliphatic carbocycles. The number of nitrogens with zero attached hydrogens (tertiary/aromatic N) is 1. The van der Waals surface area contributed by atoms with Crippen molar-refractivity contribution in [2.45, 2.75) is 44.2 Å². The van der Waals surface area contributed by atoms with E-state index in [4.69, 9.17) is 24.2 Å². The lowest BCUT2D eigenvalue weighted by molar-refractivity contribution is -0.224. The molecule has 88 valence electrons. The molecule has 2 heterocycles. The lowest BCUT2D eigenvalue weighted by Crippen LogP contribution is -2.31. The molecular weight excluding hydrogens is 210 g/mol. The largest absolute Gasteiger partial charge is 0.346 e. The summed E-state index contributed by atoms with van der Waals surface area (Å²) in [4.78, 5) is 0. The second kappa shape index (κ2) is 4.15. The van der Waals surface area contributed by atoms with E-state index in [0.29, 0.717) is 6.61 Å². The van der Waals surface area contributed by atoms with E-state index in [1.54, 1.807) is 6.08 Å². The first kappa shape index (κ1) is 11.6. The third kappa shape index (κ3) is 1.97. The Hall–Kier alpha value is -0.930. The lowest BCUT2D eigenvalue weighted by atomic mass is 10.1.